The number of sulfonamides is 1. The molecule has 0 heterocycles. The fourth-order valence-electron chi connectivity index (χ4n) is 1.60. The van der Waals surface area contributed by atoms with Gasteiger partial charge in [0.15, 0.2) is 0 Å². The number of hydrogen-bond donors (Lipinski definition) is 2. The molecule has 0 fully saturated rings. The molecule has 0 atom stereocenters. The lowest BCUT2D eigenvalue weighted by atomic mass is 10.3. The second-order valence-corrected chi connectivity index (χ2v) is 5.79. The van der Waals surface area contributed by atoms with E-state index in [1.165, 1.54) is 6.07 Å². The van der Waals surface area contributed by atoms with Crippen molar-refractivity contribution in [2.45, 2.75) is 18.2 Å². The standard InChI is InChI=1S/C11H17FN2O3S/c1-2-3-14(4-5-15)18(16,17)11-7-9(12)6-10(13)8-11/h6-8,15H,2-5,13H2,1H3. The predicted octanol–water partition coefficient (Wildman–Crippen LogP) is 0.801. The predicted molar refractivity (Wildman–Crippen MR) is 66.9 cm³/mol. The van der Waals surface area contributed by atoms with Crippen LogP contribution in [0.2, 0.25) is 0 Å². The highest BCUT2D eigenvalue weighted by atomic mass is 32.2. The number of benzene rings is 1. The zero-order valence-corrected chi connectivity index (χ0v) is 11.0. The summed E-state index contributed by atoms with van der Waals surface area (Å²) in [5.74, 6) is -0.700. The Morgan fingerprint density at radius 3 is 2.50 bits per heavy atom. The number of aliphatic hydroxyl groups is 1. The van der Waals surface area contributed by atoms with Gasteiger partial charge >= 0.3 is 0 Å². The second-order valence-electron chi connectivity index (χ2n) is 3.85. The Hall–Kier alpha value is -1.18. The van der Waals surface area contributed by atoms with Gasteiger partial charge in [-0.05, 0) is 24.6 Å². The molecular formula is C11H17FN2O3S. The van der Waals surface area contributed by atoms with Crippen molar-refractivity contribution in [1.29, 1.82) is 0 Å². The van der Waals surface area contributed by atoms with Crippen LogP contribution >= 0.6 is 0 Å². The molecule has 1 aromatic rings. The van der Waals surface area contributed by atoms with Crippen molar-refractivity contribution in [2.24, 2.45) is 0 Å². The molecule has 1 rings (SSSR count). The molecule has 5 nitrogen and oxygen atoms in total. The van der Waals surface area contributed by atoms with Crippen LogP contribution in [0, 0.1) is 5.82 Å². The second kappa shape index (κ2) is 6.12. The van der Waals surface area contributed by atoms with Gasteiger partial charge in [-0.3, -0.25) is 0 Å². The maximum Gasteiger partial charge on any atom is 0.243 e. The number of hydrogen-bond acceptors (Lipinski definition) is 4. The summed E-state index contributed by atoms with van der Waals surface area (Å²) in [7, 11) is -3.82. The lowest BCUT2D eigenvalue weighted by Crippen LogP contribution is -2.34. The van der Waals surface area contributed by atoms with Gasteiger partial charge in [-0.25, -0.2) is 12.8 Å². The third-order valence-corrected chi connectivity index (χ3v) is 4.23. The molecule has 0 spiro atoms. The fourth-order valence-corrected chi connectivity index (χ4v) is 3.19. The summed E-state index contributed by atoms with van der Waals surface area (Å²) < 4.78 is 38.7. The first-order chi connectivity index (χ1) is 8.41. The van der Waals surface area contributed by atoms with E-state index in [0.29, 0.717) is 6.42 Å². The van der Waals surface area contributed by atoms with E-state index in [4.69, 9.17) is 10.8 Å². The normalized spacial score (nSPS) is 12.0. The van der Waals surface area contributed by atoms with Crippen LogP contribution < -0.4 is 5.73 Å². The monoisotopic (exact) mass is 276 g/mol. The molecule has 18 heavy (non-hydrogen) atoms. The highest BCUT2D eigenvalue weighted by molar-refractivity contribution is 7.89. The topological polar surface area (TPSA) is 83.6 Å². The largest absolute Gasteiger partial charge is 0.399 e. The zero-order valence-electron chi connectivity index (χ0n) is 10.1. The summed E-state index contributed by atoms with van der Waals surface area (Å²) in [4.78, 5) is -0.193. The molecular weight excluding hydrogens is 259 g/mol. The molecule has 0 saturated carbocycles. The number of rotatable bonds is 6. The highest BCUT2D eigenvalue weighted by Gasteiger charge is 2.24. The molecule has 0 aromatic heterocycles. The average molecular weight is 276 g/mol. The molecule has 0 radical (unpaired) electrons. The lowest BCUT2D eigenvalue weighted by Gasteiger charge is -2.20. The van der Waals surface area contributed by atoms with Crippen molar-refractivity contribution < 1.29 is 17.9 Å². The molecule has 0 aliphatic rings. The van der Waals surface area contributed by atoms with Gasteiger partial charge in [0.25, 0.3) is 0 Å². The first-order valence-corrected chi connectivity index (χ1v) is 7.03. The van der Waals surface area contributed by atoms with E-state index < -0.39 is 15.8 Å². The summed E-state index contributed by atoms with van der Waals surface area (Å²) in [6.07, 6.45) is 0.601. The Bertz CT molecular complexity index is 479. The summed E-state index contributed by atoms with van der Waals surface area (Å²) in [6.45, 7) is 1.77. The summed E-state index contributed by atoms with van der Waals surface area (Å²) >= 11 is 0. The maximum atomic E-state index is 13.2. The minimum atomic E-state index is -3.82. The molecule has 0 aliphatic heterocycles. The molecule has 3 N–H and O–H groups in total. The Labute approximate surface area is 106 Å². The van der Waals surface area contributed by atoms with Gasteiger partial charge < -0.3 is 10.8 Å². The van der Waals surface area contributed by atoms with Gasteiger partial charge in [-0.15, -0.1) is 0 Å². The minimum absolute atomic E-state index is 0.0212. The quantitative estimate of drug-likeness (QED) is 0.753. The highest BCUT2D eigenvalue weighted by Crippen LogP contribution is 2.20. The van der Waals surface area contributed by atoms with Crippen molar-refractivity contribution in [1.82, 2.24) is 4.31 Å². The van der Waals surface area contributed by atoms with Gasteiger partial charge in [0.1, 0.15) is 5.82 Å². The van der Waals surface area contributed by atoms with Crippen LogP contribution in [-0.2, 0) is 10.0 Å². The van der Waals surface area contributed by atoms with E-state index in [1.54, 1.807) is 0 Å². The van der Waals surface area contributed by atoms with Gasteiger partial charge in [0.2, 0.25) is 10.0 Å². The number of aliphatic hydroxyl groups excluding tert-OH is 1. The van der Waals surface area contributed by atoms with E-state index in [1.807, 2.05) is 6.92 Å². The number of nitrogens with two attached hydrogens (primary N) is 1. The average Bonchev–Trinajstić information content (AvgIpc) is 2.27. The van der Waals surface area contributed by atoms with Gasteiger partial charge in [0, 0.05) is 18.8 Å². The number of anilines is 1. The summed E-state index contributed by atoms with van der Waals surface area (Å²) in [5, 5.41) is 8.88. The van der Waals surface area contributed by atoms with Crippen molar-refractivity contribution >= 4 is 15.7 Å². The van der Waals surface area contributed by atoms with E-state index in [0.717, 1.165) is 16.4 Å². The molecule has 0 bridgehead atoms. The Kier molecular flexibility index (Phi) is 5.06. The third-order valence-electron chi connectivity index (χ3n) is 2.35. The van der Waals surface area contributed by atoms with E-state index in [-0.39, 0.29) is 30.3 Å². The molecule has 7 heteroatoms. The SMILES string of the molecule is CCCN(CCO)S(=O)(=O)c1cc(N)cc(F)c1. The number of halogens is 1. The summed E-state index contributed by atoms with van der Waals surface area (Å²) in [5.41, 5.74) is 5.48. The molecule has 102 valence electrons. The van der Waals surface area contributed by atoms with Crippen LogP contribution in [0.5, 0.6) is 0 Å². The molecule has 0 saturated heterocycles. The molecule has 0 aliphatic carbocycles. The Balaban J connectivity index is 3.17. The van der Waals surface area contributed by atoms with Crippen LogP contribution in [-0.4, -0.2) is 37.5 Å². The van der Waals surface area contributed by atoms with Crippen LogP contribution in [0.4, 0.5) is 10.1 Å². The molecule has 0 unspecified atom stereocenters. The first kappa shape index (κ1) is 14.9. The van der Waals surface area contributed by atoms with Crippen LogP contribution in [0.15, 0.2) is 23.1 Å². The number of nitrogen functional groups attached to an aromatic ring is 1. The summed E-state index contributed by atoms with van der Waals surface area (Å²) in [6, 6.07) is 3.18. The van der Waals surface area contributed by atoms with Crippen LogP contribution in [0.1, 0.15) is 13.3 Å². The Morgan fingerprint density at radius 2 is 2.00 bits per heavy atom. The minimum Gasteiger partial charge on any atom is -0.399 e. The first-order valence-electron chi connectivity index (χ1n) is 5.59. The fraction of sp³-hybridized carbons (Fsp3) is 0.455. The van der Waals surface area contributed by atoms with Crippen molar-refractivity contribution in [3.8, 4) is 0 Å². The third kappa shape index (κ3) is 3.41. The molecule has 1 aromatic carbocycles. The lowest BCUT2D eigenvalue weighted by molar-refractivity contribution is 0.253. The molecule has 0 amide bonds. The Morgan fingerprint density at radius 1 is 1.33 bits per heavy atom. The van der Waals surface area contributed by atoms with Gasteiger partial charge in [-0.2, -0.15) is 4.31 Å². The zero-order chi connectivity index (χ0) is 13.8. The van der Waals surface area contributed by atoms with Crippen LogP contribution in [0.3, 0.4) is 0 Å². The smallest absolute Gasteiger partial charge is 0.243 e. The van der Waals surface area contributed by atoms with Crippen molar-refractivity contribution in [3.05, 3.63) is 24.0 Å². The van der Waals surface area contributed by atoms with Gasteiger partial charge in [0.05, 0.1) is 11.5 Å². The van der Waals surface area contributed by atoms with Crippen molar-refractivity contribution in [2.75, 3.05) is 25.4 Å². The van der Waals surface area contributed by atoms with Crippen LogP contribution in [0.25, 0.3) is 0 Å². The van der Waals surface area contributed by atoms with E-state index in [2.05, 4.69) is 0 Å². The van der Waals surface area contributed by atoms with Crippen molar-refractivity contribution in [3.63, 3.8) is 0 Å². The van der Waals surface area contributed by atoms with E-state index in [9.17, 15) is 12.8 Å². The number of nitrogens with zero attached hydrogens (tertiary/aromatic N) is 1. The van der Waals surface area contributed by atoms with Gasteiger partial charge in [-0.1, -0.05) is 6.92 Å². The van der Waals surface area contributed by atoms with E-state index >= 15 is 0 Å². The maximum absolute atomic E-state index is 13.2.